The van der Waals surface area contributed by atoms with Crippen molar-refractivity contribution in [2.24, 2.45) is 0 Å². The Hall–Kier alpha value is -2.09. The molecular weight excluding hydrogens is 236 g/mol. The number of hydrogen-bond acceptors (Lipinski definition) is 1. The zero-order chi connectivity index (χ0) is 13.2. The van der Waals surface area contributed by atoms with Crippen LogP contribution in [-0.4, -0.2) is 11.1 Å². The molecule has 0 unspecified atom stereocenters. The first-order chi connectivity index (χ1) is 9.27. The number of rotatable bonds is 1. The highest BCUT2D eigenvalue weighted by molar-refractivity contribution is 5.92. The van der Waals surface area contributed by atoms with Gasteiger partial charge in [-0.05, 0) is 54.0 Å². The molecule has 0 saturated heterocycles. The minimum absolute atomic E-state index is 0.453. The molecular formula is C17H16O2. The molecule has 1 N–H and O–H groups in total. The Labute approximate surface area is 112 Å². The van der Waals surface area contributed by atoms with Gasteiger partial charge in [0, 0.05) is 0 Å². The summed E-state index contributed by atoms with van der Waals surface area (Å²) in [6.45, 7) is 0. The standard InChI is InChI=1S/C17H16O2/c18-17(19)16-11-5-10-14-13-8-3-1-6-12(13)7-2-4-9-15(14)16/h1,3,5-6,8,10-11H,2,4,7,9H2,(H,18,19). The molecule has 0 heterocycles. The van der Waals surface area contributed by atoms with Crippen molar-refractivity contribution in [2.45, 2.75) is 25.7 Å². The average Bonchev–Trinajstić information content (AvgIpc) is 2.41. The van der Waals surface area contributed by atoms with Crippen molar-refractivity contribution < 1.29 is 9.90 Å². The minimum Gasteiger partial charge on any atom is -0.478 e. The Balaban J connectivity index is 2.27. The molecule has 96 valence electrons. The van der Waals surface area contributed by atoms with Crippen LogP contribution < -0.4 is 0 Å². The molecule has 0 aromatic heterocycles. The van der Waals surface area contributed by atoms with E-state index >= 15 is 0 Å². The molecule has 0 fully saturated rings. The summed E-state index contributed by atoms with van der Waals surface area (Å²) in [6.07, 6.45) is 4.09. The third-order valence-electron chi connectivity index (χ3n) is 3.84. The molecule has 0 radical (unpaired) electrons. The molecule has 0 saturated carbocycles. The molecule has 1 aliphatic rings. The highest BCUT2D eigenvalue weighted by Gasteiger charge is 2.18. The molecule has 19 heavy (non-hydrogen) atoms. The number of benzene rings is 2. The normalized spacial score (nSPS) is 13.9. The summed E-state index contributed by atoms with van der Waals surface area (Å²) in [5.41, 5.74) is 5.05. The fourth-order valence-corrected chi connectivity index (χ4v) is 2.93. The van der Waals surface area contributed by atoms with Gasteiger partial charge < -0.3 is 5.11 Å². The second kappa shape index (κ2) is 4.88. The van der Waals surface area contributed by atoms with Crippen LogP contribution in [-0.2, 0) is 12.8 Å². The quantitative estimate of drug-likeness (QED) is 0.835. The van der Waals surface area contributed by atoms with Gasteiger partial charge in [0.25, 0.3) is 0 Å². The molecule has 0 bridgehead atoms. The van der Waals surface area contributed by atoms with E-state index in [1.54, 1.807) is 6.07 Å². The summed E-state index contributed by atoms with van der Waals surface area (Å²) in [7, 11) is 0. The van der Waals surface area contributed by atoms with E-state index in [1.165, 1.54) is 11.1 Å². The van der Waals surface area contributed by atoms with Crippen molar-refractivity contribution in [3.8, 4) is 11.1 Å². The van der Waals surface area contributed by atoms with Gasteiger partial charge >= 0.3 is 5.97 Å². The summed E-state index contributed by atoms with van der Waals surface area (Å²) >= 11 is 0. The first-order valence-electron chi connectivity index (χ1n) is 6.71. The monoisotopic (exact) mass is 252 g/mol. The Bertz CT molecular complexity index is 629. The first-order valence-corrected chi connectivity index (χ1v) is 6.71. The van der Waals surface area contributed by atoms with Crippen LogP contribution in [0.15, 0.2) is 42.5 Å². The highest BCUT2D eigenvalue weighted by atomic mass is 16.4. The summed E-state index contributed by atoms with van der Waals surface area (Å²) in [5.74, 6) is -0.824. The van der Waals surface area contributed by atoms with Crippen LogP contribution in [0.5, 0.6) is 0 Å². The number of carbonyl (C=O) groups is 1. The van der Waals surface area contributed by atoms with Gasteiger partial charge in [0.15, 0.2) is 0 Å². The number of hydrogen-bond donors (Lipinski definition) is 1. The summed E-state index contributed by atoms with van der Waals surface area (Å²) in [6, 6.07) is 13.9. The van der Waals surface area contributed by atoms with Crippen molar-refractivity contribution in [1.29, 1.82) is 0 Å². The molecule has 2 aromatic rings. The maximum atomic E-state index is 11.4. The van der Waals surface area contributed by atoms with Crippen LogP contribution in [0.3, 0.4) is 0 Å². The lowest BCUT2D eigenvalue weighted by Crippen LogP contribution is -2.07. The lowest BCUT2D eigenvalue weighted by molar-refractivity contribution is 0.0695. The summed E-state index contributed by atoms with van der Waals surface area (Å²) in [4.78, 5) is 11.4. The van der Waals surface area contributed by atoms with Gasteiger partial charge in [-0.2, -0.15) is 0 Å². The second-order valence-electron chi connectivity index (χ2n) is 5.00. The zero-order valence-electron chi connectivity index (χ0n) is 10.7. The fraction of sp³-hybridized carbons (Fsp3) is 0.235. The van der Waals surface area contributed by atoms with Gasteiger partial charge in [-0.3, -0.25) is 0 Å². The highest BCUT2D eigenvalue weighted by Crippen LogP contribution is 2.33. The van der Waals surface area contributed by atoms with Gasteiger partial charge in [0.2, 0.25) is 0 Å². The van der Waals surface area contributed by atoms with E-state index in [9.17, 15) is 9.90 Å². The number of carboxylic acid groups (broad SMARTS) is 1. The van der Waals surface area contributed by atoms with Crippen molar-refractivity contribution in [3.05, 3.63) is 59.2 Å². The topological polar surface area (TPSA) is 37.3 Å². The molecule has 0 amide bonds. The zero-order valence-corrected chi connectivity index (χ0v) is 10.7. The Morgan fingerprint density at radius 2 is 1.63 bits per heavy atom. The summed E-state index contributed by atoms with van der Waals surface area (Å²) < 4.78 is 0. The first kappa shape index (κ1) is 12.0. The van der Waals surface area contributed by atoms with E-state index < -0.39 is 5.97 Å². The fourth-order valence-electron chi connectivity index (χ4n) is 2.93. The van der Waals surface area contributed by atoms with Gasteiger partial charge in [0.1, 0.15) is 0 Å². The molecule has 0 spiro atoms. The van der Waals surface area contributed by atoms with E-state index in [1.807, 2.05) is 18.2 Å². The number of carboxylic acids is 1. The number of fused-ring (bicyclic) bond motifs is 3. The van der Waals surface area contributed by atoms with E-state index in [0.717, 1.165) is 36.8 Å². The van der Waals surface area contributed by atoms with Crippen LogP contribution in [0.25, 0.3) is 11.1 Å². The third kappa shape index (κ3) is 2.14. The number of aromatic carboxylic acids is 1. The minimum atomic E-state index is -0.824. The Kier molecular flexibility index (Phi) is 3.08. The predicted octanol–water partition coefficient (Wildman–Crippen LogP) is 3.93. The number of aryl methyl sites for hydroxylation is 1. The van der Waals surface area contributed by atoms with E-state index in [2.05, 4.69) is 18.2 Å². The lowest BCUT2D eigenvalue weighted by Gasteiger charge is -2.19. The van der Waals surface area contributed by atoms with Crippen LogP contribution in [0.4, 0.5) is 0 Å². The van der Waals surface area contributed by atoms with E-state index in [4.69, 9.17) is 0 Å². The maximum absolute atomic E-state index is 11.4. The van der Waals surface area contributed by atoms with E-state index in [0.29, 0.717) is 5.56 Å². The maximum Gasteiger partial charge on any atom is 0.335 e. The van der Waals surface area contributed by atoms with Crippen molar-refractivity contribution in [1.82, 2.24) is 0 Å². The lowest BCUT2D eigenvalue weighted by atomic mass is 9.86. The largest absolute Gasteiger partial charge is 0.478 e. The molecule has 0 atom stereocenters. The van der Waals surface area contributed by atoms with E-state index in [-0.39, 0.29) is 0 Å². The molecule has 1 aliphatic carbocycles. The van der Waals surface area contributed by atoms with Crippen LogP contribution in [0.2, 0.25) is 0 Å². The van der Waals surface area contributed by atoms with Crippen LogP contribution in [0, 0.1) is 0 Å². The molecule has 3 rings (SSSR count). The predicted molar refractivity (Wildman–Crippen MR) is 75.5 cm³/mol. The van der Waals surface area contributed by atoms with Gasteiger partial charge in [0.05, 0.1) is 5.56 Å². The smallest absolute Gasteiger partial charge is 0.335 e. The Morgan fingerprint density at radius 3 is 2.47 bits per heavy atom. The summed E-state index contributed by atoms with van der Waals surface area (Å²) in [5, 5.41) is 9.35. The van der Waals surface area contributed by atoms with Crippen molar-refractivity contribution in [2.75, 3.05) is 0 Å². The van der Waals surface area contributed by atoms with Crippen LogP contribution >= 0.6 is 0 Å². The van der Waals surface area contributed by atoms with Crippen LogP contribution in [0.1, 0.15) is 34.3 Å². The Morgan fingerprint density at radius 1 is 0.895 bits per heavy atom. The second-order valence-corrected chi connectivity index (χ2v) is 5.00. The SMILES string of the molecule is O=C(O)c1cccc2c1CCCCc1ccccc1-2. The molecule has 2 aromatic carbocycles. The average molecular weight is 252 g/mol. The van der Waals surface area contributed by atoms with Gasteiger partial charge in [-0.1, -0.05) is 36.4 Å². The van der Waals surface area contributed by atoms with Crippen molar-refractivity contribution in [3.63, 3.8) is 0 Å². The third-order valence-corrected chi connectivity index (χ3v) is 3.84. The molecule has 0 aliphatic heterocycles. The molecule has 2 nitrogen and oxygen atoms in total. The van der Waals surface area contributed by atoms with Gasteiger partial charge in [-0.15, -0.1) is 0 Å². The molecule has 2 heteroatoms. The van der Waals surface area contributed by atoms with Crippen molar-refractivity contribution >= 4 is 5.97 Å². The van der Waals surface area contributed by atoms with Gasteiger partial charge in [-0.25, -0.2) is 4.79 Å².